The van der Waals surface area contributed by atoms with E-state index in [-0.39, 0.29) is 5.91 Å². The molecular formula is C19H21N4O2+. The zero-order chi connectivity index (χ0) is 17.4. The van der Waals surface area contributed by atoms with Gasteiger partial charge < -0.3 is 13.8 Å². The summed E-state index contributed by atoms with van der Waals surface area (Å²) in [6.07, 6.45) is 0. The van der Waals surface area contributed by atoms with Crippen LogP contribution in [0.2, 0.25) is 0 Å². The van der Waals surface area contributed by atoms with Gasteiger partial charge in [-0.3, -0.25) is 4.79 Å². The number of amides is 1. The normalized spacial score (nSPS) is 17.0. The van der Waals surface area contributed by atoms with Crippen molar-refractivity contribution in [3.63, 3.8) is 0 Å². The molecule has 0 spiro atoms. The Balaban J connectivity index is 1.60. The van der Waals surface area contributed by atoms with E-state index in [9.17, 15) is 4.79 Å². The number of oxazole rings is 1. The van der Waals surface area contributed by atoms with Crippen molar-refractivity contribution in [3.05, 3.63) is 48.2 Å². The largest absolute Gasteiger partial charge is 0.435 e. The number of likely N-dealkylation sites (N-methyl/N-ethyl adjacent to an activating group) is 1. The molecule has 1 aliphatic heterocycles. The van der Waals surface area contributed by atoms with Crippen molar-refractivity contribution >= 4 is 17.0 Å². The van der Waals surface area contributed by atoms with Gasteiger partial charge >= 0.3 is 0 Å². The Morgan fingerprint density at radius 3 is 2.56 bits per heavy atom. The van der Waals surface area contributed by atoms with Gasteiger partial charge in [-0.25, -0.2) is 9.97 Å². The number of hydrogen-bond donors (Lipinski definition) is 0. The first-order valence-electron chi connectivity index (χ1n) is 8.46. The molecule has 0 atom stereocenters. The summed E-state index contributed by atoms with van der Waals surface area (Å²) in [5.74, 6) is 0.407. The summed E-state index contributed by atoms with van der Waals surface area (Å²) < 4.78 is 6.71. The van der Waals surface area contributed by atoms with Gasteiger partial charge in [0, 0.05) is 0 Å². The van der Waals surface area contributed by atoms with Crippen molar-refractivity contribution in [1.29, 1.82) is 0 Å². The summed E-state index contributed by atoms with van der Waals surface area (Å²) in [5, 5.41) is 0. The quantitative estimate of drug-likeness (QED) is 0.674. The van der Waals surface area contributed by atoms with Gasteiger partial charge in [0.2, 0.25) is 5.89 Å². The number of aromatic nitrogens is 2. The fourth-order valence-corrected chi connectivity index (χ4v) is 3.03. The zero-order valence-corrected chi connectivity index (χ0v) is 14.5. The highest BCUT2D eigenvalue weighted by atomic mass is 16.3. The molecule has 1 saturated heterocycles. The molecule has 3 heterocycles. The number of benzene rings is 1. The van der Waals surface area contributed by atoms with Crippen LogP contribution in [-0.4, -0.2) is 65.5 Å². The molecule has 0 radical (unpaired) electrons. The average molecular weight is 337 g/mol. The van der Waals surface area contributed by atoms with E-state index >= 15 is 0 Å². The van der Waals surface area contributed by atoms with Gasteiger partial charge in [-0.1, -0.05) is 18.2 Å². The van der Waals surface area contributed by atoms with Crippen LogP contribution >= 0.6 is 0 Å². The smallest absolute Gasteiger partial charge is 0.272 e. The lowest BCUT2D eigenvalue weighted by atomic mass is 10.2. The SMILES string of the molecule is C[N+]1(C)CCN(C(=O)c2cccc(-c3nc4ccccc4o3)n2)CC1. The molecule has 6 heteroatoms. The van der Waals surface area contributed by atoms with Crippen molar-refractivity contribution in [2.45, 2.75) is 0 Å². The Morgan fingerprint density at radius 1 is 1.04 bits per heavy atom. The summed E-state index contributed by atoms with van der Waals surface area (Å²) in [6, 6.07) is 13.0. The third-order valence-corrected chi connectivity index (χ3v) is 4.72. The lowest BCUT2D eigenvalue weighted by Crippen LogP contribution is -2.56. The van der Waals surface area contributed by atoms with Crippen molar-refractivity contribution in [2.24, 2.45) is 0 Å². The van der Waals surface area contributed by atoms with E-state index in [1.54, 1.807) is 6.07 Å². The molecule has 128 valence electrons. The monoisotopic (exact) mass is 337 g/mol. The number of nitrogens with zero attached hydrogens (tertiary/aromatic N) is 4. The summed E-state index contributed by atoms with van der Waals surface area (Å²) in [6.45, 7) is 3.41. The molecule has 4 rings (SSSR count). The van der Waals surface area contributed by atoms with Crippen LogP contribution in [0.1, 0.15) is 10.5 Å². The Morgan fingerprint density at radius 2 is 1.80 bits per heavy atom. The molecule has 1 aromatic carbocycles. The van der Waals surface area contributed by atoms with E-state index in [0.717, 1.165) is 36.2 Å². The van der Waals surface area contributed by atoms with Gasteiger partial charge in [-0.05, 0) is 24.3 Å². The molecule has 3 aromatic rings. The first-order valence-corrected chi connectivity index (χ1v) is 8.46. The number of quaternary nitrogens is 1. The standard InChI is InChI=1S/C19H21N4O2/c1-23(2)12-10-22(11-13-23)19(24)16-8-5-7-15(20-16)18-21-14-6-3-4-9-17(14)25-18/h3-9H,10-13H2,1-2H3/q+1. The minimum Gasteiger partial charge on any atom is -0.435 e. The molecule has 6 nitrogen and oxygen atoms in total. The van der Waals surface area contributed by atoms with Crippen LogP contribution in [0.15, 0.2) is 46.9 Å². The maximum Gasteiger partial charge on any atom is 0.272 e. The highest BCUT2D eigenvalue weighted by Crippen LogP contribution is 2.23. The molecule has 0 N–H and O–H groups in total. The lowest BCUT2D eigenvalue weighted by molar-refractivity contribution is -0.894. The van der Waals surface area contributed by atoms with E-state index in [1.165, 1.54) is 0 Å². The molecule has 1 fully saturated rings. The second kappa shape index (κ2) is 5.97. The number of carbonyl (C=O) groups excluding carboxylic acids is 1. The van der Waals surface area contributed by atoms with Gasteiger partial charge in [0.15, 0.2) is 5.58 Å². The van der Waals surface area contributed by atoms with Crippen LogP contribution in [0, 0.1) is 0 Å². The van der Waals surface area contributed by atoms with Crippen LogP contribution in [0.5, 0.6) is 0 Å². The highest BCUT2D eigenvalue weighted by Gasteiger charge is 2.28. The highest BCUT2D eigenvalue weighted by molar-refractivity contribution is 5.92. The van der Waals surface area contributed by atoms with E-state index in [2.05, 4.69) is 24.1 Å². The van der Waals surface area contributed by atoms with Crippen molar-refractivity contribution in [2.75, 3.05) is 40.3 Å². The minimum atomic E-state index is -0.0299. The van der Waals surface area contributed by atoms with Gasteiger partial charge in [0.1, 0.15) is 16.9 Å². The molecule has 1 amide bonds. The first-order chi connectivity index (χ1) is 12.0. The molecule has 25 heavy (non-hydrogen) atoms. The molecule has 0 bridgehead atoms. The Labute approximate surface area is 146 Å². The molecule has 0 aliphatic carbocycles. The third-order valence-electron chi connectivity index (χ3n) is 4.72. The molecule has 0 unspecified atom stereocenters. The van der Waals surface area contributed by atoms with Gasteiger partial charge in [-0.2, -0.15) is 0 Å². The van der Waals surface area contributed by atoms with Gasteiger partial charge in [-0.15, -0.1) is 0 Å². The van der Waals surface area contributed by atoms with Crippen LogP contribution in [0.4, 0.5) is 0 Å². The van der Waals surface area contributed by atoms with Crippen molar-refractivity contribution in [1.82, 2.24) is 14.9 Å². The second-order valence-electron chi connectivity index (χ2n) is 7.07. The minimum absolute atomic E-state index is 0.0299. The molecule has 2 aromatic heterocycles. The third kappa shape index (κ3) is 3.13. The number of piperazine rings is 1. The van der Waals surface area contributed by atoms with E-state index in [1.807, 2.05) is 41.3 Å². The Kier molecular flexibility index (Phi) is 3.77. The topological polar surface area (TPSA) is 59.2 Å². The summed E-state index contributed by atoms with van der Waals surface area (Å²) in [7, 11) is 4.38. The van der Waals surface area contributed by atoms with E-state index in [0.29, 0.717) is 22.9 Å². The fourth-order valence-electron chi connectivity index (χ4n) is 3.03. The molecule has 0 saturated carbocycles. The molecular weight excluding hydrogens is 316 g/mol. The van der Waals surface area contributed by atoms with Crippen molar-refractivity contribution in [3.8, 4) is 11.6 Å². The fraction of sp³-hybridized carbons (Fsp3) is 0.316. The Bertz CT molecular complexity index is 889. The van der Waals surface area contributed by atoms with E-state index < -0.39 is 0 Å². The Hall–Kier alpha value is -2.73. The van der Waals surface area contributed by atoms with Crippen LogP contribution in [0.3, 0.4) is 0 Å². The maximum atomic E-state index is 12.8. The number of fused-ring (bicyclic) bond motifs is 1. The van der Waals surface area contributed by atoms with E-state index in [4.69, 9.17) is 4.42 Å². The number of rotatable bonds is 2. The number of hydrogen-bond acceptors (Lipinski definition) is 4. The van der Waals surface area contributed by atoms with Crippen molar-refractivity contribution < 1.29 is 13.7 Å². The van der Waals surface area contributed by atoms with Crippen LogP contribution in [-0.2, 0) is 0 Å². The summed E-state index contributed by atoms with van der Waals surface area (Å²) in [4.78, 5) is 23.6. The predicted molar refractivity (Wildman–Crippen MR) is 95.0 cm³/mol. The molecule has 1 aliphatic rings. The number of pyridine rings is 1. The zero-order valence-electron chi connectivity index (χ0n) is 14.5. The van der Waals surface area contributed by atoms with Crippen LogP contribution in [0.25, 0.3) is 22.7 Å². The first kappa shape index (κ1) is 15.8. The average Bonchev–Trinajstić information content (AvgIpc) is 3.05. The summed E-state index contributed by atoms with van der Waals surface area (Å²) in [5.41, 5.74) is 2.52. The predicted octanol–water partition coefficient (Wildman–Crippen LogP) is 2.42. The second-order valence-corrected chi connectivity index (χ2v) is 7.07. The van der Waals surface area contributed by atoms with Gasteiger partial charge in [0.05, 0.1) is 40.3 Å². The maximum absolute atomic E-state index is 12.8. The van der Waals surface area contributed by atoms with Gasteiger partial charge in [0.25, 0.3) is 5.91 Å². The lowest BCUT2D eigenvalue weighted by Gasteiger charge is -2.38. The number of carbonyl (C=O) groups is 1. The van der Waals surface area contributed by atoms with Crippen LogP contribution < -0.4 is 0 Å². The number of para-hydroxylation sites is 2. The summed E-state index contributed by atoms with van der Waals surface area (Å²) >= 11 is 0.